The summed E-state index contributed by atoms with van der Waals surface area (Å²) in [6.45, 7) is 2.30. The van der Waals surface area contributed by atoms with Crippen LogP contribution in [0, 0.1) is 0 Å². The summed E-state index contributed by atoms with van der Waals surface area (Å²) >= 11 is 0. The van der Waals surface area contributed by atoms with Gasteiger partial charge >= 0.3 is 0 Å². The fraction of sp³-hybridized carbons (Fsp3) is 0.474. The topological polar surface area (TPSA) is 29.0 Å². The van der Waals surface area contributed by atoms with Gasteiger partial charge in [-0.1, -0.05) is 30.3 Å². The highest BCUT2D eigenvalue weighted by Gasteiger charge is 2.24. The Morgan fingerprint density at radius 3 is 2.41 bits per heavy atom. The van der Waals surface area contributed by atoms with Gasteiger partial charge in [0.15, 0.2) is 5.82 Å². The lowest BCUT2D eigenvalue weighted by atomic mass is 10.0. The van der Waals surface area contributed by atoms with E-state index < -0.39 is 0 Å². The molecule has 2 aliphatic rings. The second-order valence-corrected chi connectivity index (χ2v) is 6.49. The molecule has 2 heterocycles. The van der Waals surface area contributed by atoms with Crippen molar-refractivity contribution in [2.24, 2.45) is 0 Å². The summed E-state index contributed by atoms with van der Waals surface area (Å²) in [5, 5.41) is 9.28. The molecule has 0 N–H and O–H groups in total. The maximum absolute atomic E-state index is 4.65. The van der Waals surface area contributed by atoms with Crippen molar-refractivity contribution in [1.29, 1.82) is 0 Å². The standard InChI is InChI=1S/C19H23N3/c1-3-8-15(9-4-1)14-18-16-10-7-11-17(16)19(21-20-18)22-12-5-2-6-13-22/h1,3-4,8-9H,2,5-7,10-14H2. The molecule has 22 heavy (non-hydrogen) atoms. The second kappa shape index (κ2) is 6.07. The van der Waals surface area contributed by atoms with Crippen LogP contribution in [-0.2, 0) is 19.3 Å². The van der Waals surface area contributed by atoms with Crippen LogP contribution in [0.1, 0.15) is 48.1 Å². The van der Waals surface area contributed by atoms with Gasteiger partial charge in [0.1, 0.15) is 0 Å². The molecule has 1 aromatic heterocycles. The Kier molecular flexibility index (Phi) is 3.79. The minimum atomic E-state index is 0.913. The Morgan fingerprint density at radius 2 is 1.59 bits per heavy atom. The number of fused-ring (bicyclic) bond motifs is 1. The lowest BCUT2D eigenvalue weighted by molar-refractivity contribution is 0.569. The zero-order valence-corrected chi connectivity index (χ0v) is 13.1. The predicted molar refractivity (Wildman–Crippen MR) is 89.4 cm³/mol. The molecule has 0 spiro atoms. The molecule has 0 saturated carbocycles. The summed E-state index contributed by atoms with van der Waals surface area (Å²) in [7, 11) is 0. The van der Waals surface area contributed by atoms with E-state index in [-0.39, 0.29) is 0 Å². The number of rotatable bonds is 3. The average molecular weight is 293 g/mol. The third-order valence-electron chi connectivity index (χ3n) is 4.97. The first-order chi connectivity index (χ1) is 10.9. The van der Waals surface area contributed by atoms with Gasteiger partial charge in [0, 0.05) is 25.1 Å². The molecule has 0 radical (unpaired) electrons. The Morgan fingerprint density at radius 1 is 0.818 bits per heavy atom. The molecule has 1 aromatic carbocycles. The Labute approximate surface area is 132 Å². The normalized spacial score (nSPS) is 17.5. The van der Waals surface area contributed by atoms with Crippen molar-refractivity contribution in [3.63, 3.8) is 0 Å². The van der Waals surface area contributed by atoms with Crippen molar-refractivity contribution in [2.75, 3.05) is 18.0 Å². The summed E-state index contributed by atoms with van der Waals surface area (Å²) in [5.41, 5.74) is 5.50. The second-order valence-electron chi connectivity index (χ2n) is 6.49. The maximum atomic E-state index is 4.65. The highest BCUT2D eigenvalue weighted by Crippen LogP contribution is 2.33. The third-order valence-corrected chi connectivity index (χ3v) is 4.97. The molecule has 2 aromatic rings. The molecule has 1 aliphatic carbocycles. The van der Waals surface area contributed by atoms with Crippen LogP contribution in [0.4, 0.5) is 5.82 Å². The summed E-state index contributed by atoms with van der Waals surface area (Å²) in [6.07, 6.45) is 8.47. The Hall–Kier alpha value is -1.90. The Bertz CT molecular complexity index is 645. The number of hydrogen-bond donors (Lipinski definition) is 0. The summed E-state index contributed by atoms with van der Waals surface area (Å²) in [6, 6.07) is 10.6. The van der Waals surface area contributed by atoms with Crippen LogP contribution in [0.25, 0.3) is 0 Å². The molecular weight excluding hydrogens is 270 g/mol. The van der Waals surface area contributed by atoms with Crippen molar-refractivity contribution >= 4 is 5.82 Å². The zero-order chi connectivity index (χ0) is 14.8. The SMILES string of the molecule is c1ccc(Cc2nnc(N3CCCCC3)c3c2CCC3)cc1. The Balaban J connectivity index is 1.66. The first kappa shape index (κ1) is 13.7. The van der Waals surface area contributed by atoms with E-state index in [9.17, 15) is 0 Å². The molecular formula is C19H23N3. The van der Waals surface area contributed by atoms with Crippen LogP contribution < -0.4 is 4.90 Å². The van der Waals surface area contributed by atoms with E-state index in [0.717, 1.165) is 19.5 Å². The highest BCUT2D eigenvalue weighted by atomic mass is 15.3. The third kappa shape index (κ3) is 2.60. The molecule has 1 fully saturated rings. The fourth-order valence-electron chi connectivity index (χ4n) is 3.83. The van der Waals surface area contributed by atoms with Crippen LogP contribution in [0.15, 0.2) is 30.3 Å². The average Bonchev–Trinajstić information content (AvgIpc) is 3.07. The number of piperidine rings is 1. The molecule has 0 atom stereocenters. The quantitative estimate of drug-likeness (QED) is 0.866. The van der Waals surface area contributed by atoms with Crippen LogP contribution in [0.2, 0.25) is 0 Å². The van der Waals surface area contributed by atoms with E-state index >= 15 is 0 Å². The summed E-state index contributed by atoms with van der Waals surface area (Å²) in [5.74, 6) is 1.18. The van der Waals surface area contributed by atoms with E-state index in [4.69, 9.17) is 0 Å². The number of nitrogens with zero attached hydrogens (tertiary/aromatic N) is 3. The lowest BCUT2D eigenvalue weighted by Gasteiger charge is -2.29. The van der Waals surface area contributed by atoms with E-state index in [2.05, 4.69) is 45.4 Å². The van der Waals surface area contributed by atoms with Crippen molar-refractivity contribution in [3.05, 3.63) is 52.7 Å². The minimum absolute atomic E-state index is 0.913. The number of aromatic nitrogens is 2. The molecule has 1 aliphatic heterocycles. The van der Waals surface area contributed by atoms with E-state index in [0.29, 0.717) is 0 Å². The molecule has 1 saturated heterocycles. The van der Waals surface area contributed by atoms with Crippen LogP contribution in [-0.4, -0.2) is 23.3 Å². The predicted octanol–water partition coefficient (Wildman–Crippen LogP) is 3.55. The number of hydrogen-bond acceptors (Lipinski definition) is 3. The highest BCUT2D eigenvalue weighted by molar-refractivity contribution is 5.54. The van der Waals surface area contributed by atoms with E-state index in [1.54, 1.807) is 0 Å². The number of benzene rings is 1. The van der Waals surface area contributed by atoms with Gasteiger partial charge in [-0.2, -0.15) is 5.10 Å². The van der Waals surface area contributed by atoms with Gasteiger partial charge in [0.2, 0.25) is 0 Å². The van der Waals surface area contributed by atoms with Crippen molar-refractivity contribution in [1.82, 2.24) is 10.2 Å². The summed E-state index contributed by atoms with van der Waals surface area (Å²) < 4.78 is 0. The largest absolute Gasteiger partial charge is 0.355 e. The van der Waals surface area contributed by atoms with Crippen LogP contribution in [0.5, 0.6) is 0 Å². The van der Waals surface area contributed by atoms with Crippen LogP contribution >= 0.6 is 0 Å². The van der Waals surface area contributed by atoms with Crippen molar-refractivity contribution in [3.8, 4) is 0 Å². The first-order valence-electron chi connectivity index (χ1n) is 8.58. The smallest absolute Gasteiger partial charge is 0.154 e. The van der Waals surface area contributed by atoms with Gasteiger partial charge in [-0.3, -0.25) is 0 Å². The van der Waals surface area contributed by atoms with E-state index in [1.165, 1.54) is 66.7 Å². The molecule has 0 bridgehead atoms. The van der Waals surface area contributed by atoms with E-state index in [1.807, 2.05) is 0 Å². The van der Waals surface area contributed by atoms with Gasteiger partial charge in [0.25, 0.3) is 0 Å². The molecule has 3 heteroatoms. The van der Waals surface area contributed by atoms with Gasteiger partial charge in [-0.05, 0) is 49.7 Å². The van der Waals surface area contributed by atoms with Crippen LogP contribution in [0.3, 0.4) is 0 Å². The molecule has 114 valence electrons. The van der Waals surface area contributed by atoms with Gasteiger partial charge in [0.05, 0.1) is 5.69 Å². The minimum Gasteiger partial charge on any atom is -0.355 e. The summed E-state index contributed by atoms with van der Waals surface area (Å²) in [4.78, 5) is 2.47. The zero-order valence-electron chi connectivity index (χ0n) is 13.1. The molecule has 4 rings (SSSR count). The number of anilines is 1. The van der Waals surface area contributed by atoms with Gasteiger partial charge in [-0.15, -0.1) is 5.10 Å². The van der Waals surface area contributed by atoms with Crippen molar-refractivity contribution in [2.45, 2.75) is 44.9 Å². The lowest BCUT2D eigenvalue weighted by Crippen LogP contribution is -2.31. The van der Waals surface area contributed by atoms with Gasteiger partial charge in [-0.25, -0.2) is 0 Å². The van der Waals surface area contributed by atoms with Gasteiger partial charge < -0.3 is 4.90 Å². The van der Waals surface area contributed by atoms with Crippen molar-refractivity contribution < 1.29 is 0 Å². The molecule has 0 amide bonds. The maximum Gasteiger partial charge on any atom is 0.154 e. The monoisotopic (exact) mass is 293 g/mol. The fourth-order valence-corrected chi connectivity index (χ4v) is 3.83. The first-order valence-corrected chi connectivity index (χ1v) is 8.58. The molecule has 3 nitrogen and oxygen atoms in total. The molecule has 0 unspecified atom stereocenters.